The van der Waals surface area contributed by atoms with E-state index in [0.29, 0.717) is 18.8 Å². The SMILES string of the molecule is CCCCCCCCCCCCCCCCCCSC(Cc1cc(C(C)(C)C)c(O)c(C(C)(C)C)c1)C(=O)OCC. The summed E-state index contributed by atoms with van der Waals surface area (Å²) in [5.41, 5.74) is 2.64. The van der Waals surface area contributed by atoms with E-state index in [2.05, 4.69) is 60.6 Å². The van der Waals surface area contributed by atoms with Gasteiger partial charge in [0.15, 0.2) is 0 Å². The lowest BCUT2D eigenvalue weighted by Gasteiger charge is -2.28. The predicted molar refractivity (Wildman–Crippen MR) is 182 cm³/mol. The standard InChI is InChI=1S/C37H66O3S/c1-9-11-12-13-14-15-16-17-18-19-20-21-22-23-24-25-26-41-33(35(39)40-10-2)29-30-27-31(36(3,4)5)34(38)32(28-30)37(6,7)8/h27-28,33,38H,9-26,29H2,1-8H3. The molecule has 0 spiro atoms. The Bertz CT molecular complexity index is 799. The van der Waals surface area contributed by atoms with Gasteiger partial charge in [0.25, 0.3) is 0 Å². The smallest absolute Gasteiger partial charge is 0.319 e. The molecule has 1 unspecified atom stereocenters. The van der Waals surface area contributed by atoms with Crippen molar-refractivity contribution < 1.29 is 14.6 Å². The van der Waals surface area contributed by atoms with Crippen molar-refractivity contribution in [2.75, 3.05) is 12.4 Å². The molecule has 0 aliphatic heterocycles. The molecule has 0 saturated carbocycles. The molecule has 0 aliphatic rings. The number of phenolic OH excluding ortho intramolecular Hbond substituents is 1. The second-order valence-corrected chi connectivity index (χ2v) is 15.5. The molecule has 238 valence electrons. The van der Waals surface area contributed by atoms with E-state index in [4.69, 9.17) is 4.74 Å². The van der Waals surface area contributed by atoms with Crippen molar-refractivity contribution in [1.82, 2.24) is 0 Å². The van der Waals surface area contributed by atoms with Gasteiger partial charge in [-0.15, -0.1) is 11.8 Å². The second kappa shape index (κ2) is 20.7. The number of aromatic hydroxyl groups is 1. The Kier molecular flexibility index (Phi) is 19.1. The molecule has 0 amide bonds. The largest absolute Gasteiger partial charge is 0.507 e. The van der Waals surface area contributed by atoms with Crippen molar-refractivity contribution in [2.45, 2.75) is 181 Å². The predicted octanol–water partition coefficient (Wildman–Crippen LogP) is 11.5. The van der Waals surface area contributed by atoms with Crippen LogP contribution in [0.5, 0.6) is 5.75 Å². The van der Waals surface area contributed by atoms with Crippen molar-refractivity contribution in [3.8, 4) is 5.75 Å². The summed E-state index contributed by atoms with van der Waals surface area (Å²) in [6, 6.07) is 4.21. The van der Waals surface area contributed by atoms with Crippen LogP contribution < -0.4 is 0 Å². The highest BCUT2D eigenvalue weighted by Gasteiger charge is 2.28. The fourth-order valence-corrected chi connectivity index (χ4v) is 6.66. The third-order valence-corrected chi connectivity index (χ3v) is 9.36. The minimum atomic E-state index is -0.212. The van der Waals surface area contributed by atoms with E-state index < -0.39 is 0 Å². The van der Waals surface area contributed by atoms with Gasteiger partial charge in [-0.05, 0) is 53.0 Å². The first-order valence-corrected chi connectivity index (χ1v) is 18.1. The molecule has 0 bridgehead atoms. The highest BCUT2D eigenvalue weighted by molar-refractivity contribution is 8.00. The van der Waals surface area contributed by atoms with E-state index in [1.807, 2.05) is 6.92 Å². The van der Waals surface area contributed by atoms with Crippen molar-refractivity contribution >= 4 is 17.7 Å². The Labute approximate surface area is 259 Å². The van der Waals surface area contributed by atoms with Crippen molar-refractivity contribution in [2.24, 2.45) is 0 Å². The number of phenols is 1. The molecule has 1 atom stereocenters. The van der Waals surface area contributed by atoms with E-state index in [9.17, 15) is 9.90 Å². The van der Waals surface area contributed by atoms with Crippen LogP contribution in [0.4, 0.5) is 0 Å². The number of ether oxygens (including phenoxy) is 1. The summed E-state index contributed by atoms with van der Waals surface area (Å²) in [4.78, 5) is 12.9. The van der Waals surface area contributed by atoms with Crippen LogP contribution in [0.1, 0.15) is 175 Å². The number of esters is 1. The number of carbonyl (C=O) groups excluding carboxylic acids is 1. The normalized spacial score (nSPS) is 13.0. The van der Waals surface area contributed by atoms with Gasteiger partial charge in [-0.1, -0.05) is 157 Å². The maximum Gasteiger partial charge on any atom is 0.319 e. The van der Waals surface area contributed by atoms with Gasteiger partial charge in [-0.2, -0.15) is 0 Å². The summed E-state index contributed by atoms with van der Waals surface area (Å²) in [5.74, 6) is 1.26. The molecule has 0 saturated heterocycles. The molecule has 1 N–H and O–H groups in total. The Morgan fingerprint density at radius 1 is 0.707 bits per heavy atom. The van der Waals surface area contributed by atoms with Gasteiger partial charge in [-0.25, -0.2) is 0 Å². The average molecular weight is 591 g/mol. The highest BCUT2D eigenvalue weighted by Crippen LogP contribution is 2.40. The first-order valence-electron chi connectivity index (χ1n) is 17.1. The number of thioether (sulfide) groups is 1. The Morgan fingerprint density at radius 3 is 1.46 bits per heavy atom. The molecule has 0 heterocycles. The fraction of sp³-hybridized carbons (Fsp3) is 0.811. The Morgan fingerprint density at radius 2 is 1.10 bits per heavy atom. The molecular weight excluding hydrogens is 524 g/mol. The zero-order valence-electron chi connectivity index (χ0n) is 28.3. The minimum absolute atomic E-state index is 0.114. The van der Waals surface area contributed by atoms with E-state index >= 15 is 0 Å². The van der Waals surface area contributed by atoms with Gasteiger partial charge in [0.1, 0.15) is 11.0 Å². The number of hydrogen-bond donors (Lipinski definition) is 1. The first-order chi connectivity index (χ1) is 19.4. The molecule has 1 aromatic carbocycles. The van der Waals surface area contributed by atoms with Crippen LogP contribution in [0.3, 0.4) is 0 Å². The summed E-state index contributed by atoms with van der Waals surface area (Å²) in [5, 5.41) is 10.9. The van der Waals surface area contributed by atoms with Crippen molar-refractivity contribution in [3.05, 3.63) is 28.8 Å². The molecule has 41 heavy (non-hydrogen) atoms. The molecule has 3 nitrogen and oxygen atoms in total. The third-order valence-electron chi connectivity index (χ3n) is 8.07. The third kappa shape index (κ3) is 16.3. The number of unbranched alkanes of at least 4 members (excludes halogenated alkanes) is 15. The van der Waals surface area contributed by atoms with Crippen LogP contribution in [0.25, 0.3) is 0 Å². The zero-order valence-corrected chi connectivity index (χ0v) is 29.2. The lowest BCUT2D eigenvalue weighted by atomic mass is 9.78. The lowest BCUT2D eigenvalue weighted by Crippen LogP contribution is -2.24. The molecule has 1 aromatic rings. The van der Waals surface area contributed by atoms with Gasteiger partial charge in [0, 0.05) is 0 Å². The van der Waals surface area contributed by atoms with Crippen LogP contribution in [-0.4, -0.2) is 28.7 Å². The van der Waals surface area contributed by atoms with Crippen LogP contribution in [0.2, 0.25) is 0 Å². The highest BCUT2D eigenvalue weighted by atomic mass is 32.2. The second-order valence-electron chi connectivity index (χ2n) is 14.2. The van der Waals surface area contributed by atoms with E-state index in [1.165, 1.54) is 96.3 Å². The zero-order chi connectivity index (χ0) is 30.7. The van der Waals surface area contributed by atoms with Gasteiger partial charge in [-0.3, -0.25) is 4.79 Å². The number of carbonyl (C=O) groups is 1. The molecule has 0 aromatic heterocycles. The summed E-state index contributed by atoms with van der Waals surface area (Å²) in [7, 11) is 0. The topological polar surface area (TPSA) is 46.5 Å². The molecule has 0 radical (unpaired) electrons. The summed E-state index contributed by atoms with van der Waals surface area (Å²) >= 11 is 1.74. The molecular formula is C37H66O3S. The van der Waals surface area contributed by atoms with Crippen LogP contribution in [-0.2, 0) is 26.8 Å². The van der Waals surface area contributed by atoms with Gasteiger partial charge < -0.3 is 9.84 Å². The first kappa shape index (κ1) is 37.9. The Balaban J connectivity index is 2.42. The van der Waals surface area contributed by atoms with Crippen molar-refractivity contribution in [3.63, 3.8) is 0 Å². The summed E-state index contributed by atoms with van der Waals surface area (Å²) in [6.45, 7) is 17.4. The average Bonchev–Trinajstić information content (AvgIpc) is 2.89. The van der Waals surface area contributed by atoms with E-state index in [1.54, 1.807) is 11.8 Å². The van der Waals surface area contributed by atoms with Crippen LogP contribution >= 0.6 is 11.8 Å². The van der Waals surface area contributed by atoms with E-state index in [0.717, 1.165) is 28.9 Å². The van der Waals surface area contributed by atoms with Crippen LogP contribution in [0, 0.1) is 0 Å². The molecule has 1 rings (SSSR count). The van der Waals surface area contributed by atoms with Crippen molar-refractivity contribution in [1.29, 1.82) is 0 Å². The quantitative estimate of drug-likeness (QED) is 0.108. The summed E-state index contributed by atoms with van der Waals surface area (Å²) in [6.07, 6.45) is 22.5. The minimum Gasteiger partial charge on any atom is -0.507 e. The van der Waals surface area contributed by atoms with Gasteiger partial charge in [0.05, 0.1) is 6.61 Å². The summed E-state index contributed by atoms with van der Waals surface area (Å²) < 4.78 is 5.47. The maximum atomic E-state index is 12.9. The van der Waals surface area contributed by atoms with E-state index in [-0.39, 0.29) is 22.0 Å². The Hall–Kier alpha value is -1.16. The fourth-order valence-electron chi connectivity index (χ4n) is 5.49. The van der Waals surface area contributed by atoms with Crippen LogP contribution in [0.15, 0.2) is 12.1 Å². The number of rotatable bonds is 22. The lowest BCUT2D eigenvalue weighted by molar-refractivity contribution is -0.142. The van der Waals surface area contributed by atoms with Gasteiger partial charge >= 0.3 is 5.97 Å². The molecule has 4 heteroatoms. The number of benzene rings is 1. The molecule has 0 fully saturated rings. The number of hydrogen-bond acceptors (Lipinski definition) is 4. The van der Waals surface area contributed by atoms with Gasteiger partial charge in [0.2, 0.25) is 0 Å². The monoisotopic (exact) mass is 590 g/mol. The maximum absolute atomic E-state index is 12.9. The molecule has 0 aliphatic carbocycles.